The first kappa shape index (κ1) is 23.4. The molecule has 0 unspecified atom stereocenters. The Labute approximate surface area is 179 Å². The average Bonchev–Trinajstić information content (AvgIpc) is 3.08. The van der Waals surface area contributed by atoms with Crippen molar-refractivity contribution in [2.75, 3.05) is 6.54 Å². The summed E-state index contributed by atoms with van der Waals surface area (Å²) in [4.78, 5) is 25.2. The lowest BCUT2D eigenvalue weighted by molar-refractivity contribution is 0.0527. The number of aromatic nitrogens is 3. The number of nitrogens with two attached hydrogens (primary N) is 1. The van der Waals surface area contributed by atoms with Gasteiger partial charge in [0.05, 0.1) is 23.9 Å². The van der Waals surface area contributed by atoms with Gasteiger partial charge in [0.2, 0.25) is 0 Å². The molecule has 0 bridgehead atoms. The van der Waals surface area contributed by atoms with Crippen molar-refractivity contribution in [2.24, 2.45) is 10.7 Å². The number of carbonyl (C=O) groups excluding carboxylic acids is 1. The average molecular weight is 415 g/mol. The third kappa shape index (κ3) is 7.17. The Kier molecular flexibility index (Phi) is 8.83. The maximum Gasteiger partial charge on any atom is 0.407 e. The summed E-state index contributed by atoms with van der Waals surface area (Å²) in [6, 6.07) is 3.73. The van der Waals surface area contributed by atoms with E-state index in [0.717, 1.165) is 61.5 Å². The number of carbonyl (C=O) groups is 1. The molecule has 0 saturated heterocycles. The lowest BCUT2D eigenvalue weighted by atomic mass is 10.2. The first-order valence-electron chi connectivity index (χ1n) is 10.6. The number of hydrogen-bond acceptors (Lipinski definition) is 5. The molecule has 164 valence electrons. The van der Waals surface area contributed by atoms with Crippen molar-refractivity contribution in [3.05, 3.63) is 30.4 Å². The highest BCUT2D eigenvalue weighted by atomic mass is 16.6. The number of nitrogens with one attached hydrogen (secondary N) is 1. The number of unbranched alkanes of at least 4 members (excludes halogenated alkanes) is 2. The van der Waals surface area contributed by atoms with Gasteiger partial charge in [-0.2, -0.15) is 0 Å². The molecular formula is C22H34N6O2. The molecule has 0 aliphatic carbocycles. The molecule has 0 fully saturated rings. The van der Waals surface area contributed by atoms with E-state index in [2.05, 4.69) is 31.8 Å². The summed E-state index contributed by atoms with van der Waals surface area (Å²) >= 11 is 0. The molecule has 0 aromatic carbocycles. The normalized spacial score (nSPS) is 11.7. The smallest absolute Gasteiger partial charge is 0.407 e. The molecular weight excluding hydrogens is 380 g/mol. The van der Waals surface area contributed by atoms with Crippen molar-refractivity contribution < 1.29 is 9.53 Å². The fraction of sp³-hybridized carbons (Fsp3) is 0.545. The fourth-order valence-electron chi connectivity index (χ4n) is 3.07. The first-order chi connectivity index (χ1) is 14.4. The zero-order valence-electron chi connectivity index (χ0n) is 18.5. The van der Waals surface area contributed by atoms with E-state index in [0.29, 0.717) is 6.54 Å². The largest absolute Gasteiger partial charge is 0.444 e. The van der Waals surface area contributed by atoms with Crippen LogP contribution in [0.5, 0.6) is 0 Å². The van der Waals surface area contributed by atoms with Crippen LogP contribution in [-0.2, 0) is 17.7 Å². The Bertz CT molecular complexity index is 838. The summed E-state index contributed by atoms with van der Waals surface area (Å²) in [5.41, 5.74) is 7.43. The second kappa shape index (κ2) is 11.3. The molecule has 0 aliphatic heterocycles. The molecule has 1 amide bonds. The number of alkyl carbamates (subject to hydrolysis) is 1. The van der Waals surface area contributed by atoms with Crippen molar-refractivity contribution in [3.63, 3.8) is 0 Å². The van der Waals surface area contributed by atoms with E-state index in [1.807, 2.05) is 39.1 Å². The maximum absolute atomic E-state index is 11.8. The van der Waals surface area contributed by atoms with Gasteiger partial charge in [0.1, 0.15) is 17.1 Å². The lowest BCUT2D eigenvalue weighted by Gasteiger charge is -2.19. The van der Waals surface area contributed by atoms with Crippen LogP contribution >= 0.6 is 0 Å². The van der Waals surface area contributed by atoms with Crippen molar-refractivity contribution in [2.45, 2.75) is 71.9 Å². The number of amides is 1. The highest BCUT2D eigenvalue weighted by Crippen LogP contribution is 2.29. The summed E-state index contributed by atoms with van der Waals surface area (Å²) in [7, 11) is 0. The molecule has 2 rings (SSSR count). The minimum absolute atomic E-state index is 0.382. The third-order valence-electron chi connectivity index (χ3n) is 4.41. The third-order valence-corrected chi connectivity index (χ3v) is 4.41. The molecule has 2 aromatic heterocycles. The van der Waals surface area contributed by atoms with Crippen LogP contribution in [0, 0.1) is 0 Å². The van der Waals surface area contributed by atoms with Gasteiger partial charge in [-0.3, -0.25) is 4.98 Å². The summed E-state index contributed by atoms with van der Waals surface area (Å²) in [6.07, 6.45) is 9.32. The summed E-state index contributed by atoms with van der Waals surface area (Å²) in [5.74, 6) is 1.04. The predicted octanol–water partition coefficient (Wildman–Crippen LogP) is 4.21. The van der Waals surface area contributed by atoms with Gasteiger partial charge >= 0.3 is 6.09 Å². The number of pyridine rings is 1. The Balaban J connectivity index is 2.07. The van der Waals surface area contributed by atoms with Crippen molar-refractivity contribution in [1.29, 1.82) is 0 Å². The number of aryl methyl sites for hydroxylation is 1. The van der Waals surface area contributed by atoms with E-state index in [1.54, 1.807) is 6.20 Å². The lowest BCUT2D eigenvalue weighted by Crippen LogP contribution is -2.33. The van der Waals surface area contributed by atoms with Gasteiger partial charge in [0.25, 0.3) is 0 Å². The second-order valence-electron chi connectivity index (χ2n) is 8.10. The number of aliphatic imine (C=N–C) groups is 1. The first-order valence-corrected chi connectivity index (χ1v) is 10.6. The predicted molar refractivity (Wildman–Crippen MR) is 120 cm³/mol. The van der Waals surface area contributed by atoms with E-state index in [-0.39, 0.29) is 6.09 Å². The number of hydrogen-bond donors (Lipinski definition) is 2. The van der Waals surface area contributed by atoms with Crippen LogP contribution in [-0.4, -0.2) is 39.1 Å². The SMILES string of the molecule is CCCCc1ncc(-c2ncccc2N=CN)n1CCCCNC(=O)OC(C)(C)C. The van der Waals surface area contributed by atoms with Gasteiger partial charge < -0.3 is 20.4 Å². The second-order valence-corrected chi connectivity index (χ2v) is 8.10. The van der Waals surface area contributed by atoms with Gasteiger partial charge in [-0.05, 0) is 52.2 Å². The van der Waals surface area contributed by atoms with Crippen molar-refractivity contribution >= 4 is 18.1 Å². The number of ether oxygens (including phenoxy) is 1. The Morgan fingerprint density at radius 1 is 1.30 bits per heavy atom. The van der Waals surface area contributed by atoms with Gasteiger partial charge in [0, 0.05) is 25.7 Å². The van der Waals surface area contributed by atoms with E-state index < -0.39 is 5.60 Å². The molecule has 30 heavy (non-hydrogen) atoms. The molecule has 0 radical (unpaired) electrons. The Hall–Kier alpha value is -2.90. The topological polar surface area (TPSA) is 107 Å². The van der Waals surface area contributed by atoms with Crippen LogP contribution < -0.4 is 11.1 Å². The maximum atomic E-state index is 11.8. The Morgan fingerprint density at radius 3 is 2.80 bits per heavy atom. The Morgan fingerprint density at radius 2 is 2.10 bits per heavy atom. The summed E-state index contributed by atoms with van der Waals surface area (Å²) in [6.45, 7) is 9.08. The molecule has 8 heteroatoms. The molecule has 0 aliphatic rings. The van der Waals surface area contributed by atoms with E-state index in [9.17, 15) is 4.79 Å². The van der Waals surface area contributed by atoms with Crippen molar-refractivity contribution in [1.82, 2.24) is 19.9 Å². The van der Waals surface area contributed by atoms with E-state index in [4.69, 9.17) is 10.5 Å². The number of rotatable bonds is 10. The monoisotopic (exact) mass is 414 g/mol. The van der Waals surface area contributed by atoms with Gasteiger partial charge in [-0.15, -0.1) is 0 Å². The number of nitrogens with zero attached hydrogens (tertiary/aromatic N) is 4. The number of imidazole rings is 1. The minimum Gasteiger partial charge on any atom is -0.444 e. The minimum atomic E-state index is -0.490. The molecule has 8 nitrogen and oxygen atoms in total. The molecule has 3 N–H and O–H groups in total. The standard InChI is InChI=1S/C22H34N6O2/c1-5-6-11-19-26-15-18(20-17(27-16-23)10-9-13-24-20)28(19)14-8-7-12-25-21(29)30-22(2,3)4/h9-10,13,15-16H,5-8,11-12,14H2,1-4H3,(H2,23,27)(H,25,29). The zero-order valence-corrected chi connectivity index (χ0v) is 18.5. The summed E-state index contributed by atoms with van der Waals surface area (Å²) < 4.78 is 7.48. The van der Waals surface area contributed by atoms with Crippen LogP contribution in [0.25, 0.3) is 11.4 Å². The van der Waals surface area contributed by atoms with Gasteiger partial charge in [-0.1, -0.05) is 13.3 Å². The molecule has 2 aromatic rings. The highest BCUT2D eigenvalue weighted by molar-refractivity contribution is 5.73. The molecule has 0 atom stereocenters. The van der Waals surface area contributed by atoms with Crippen LogP contribution in [0.2, 0.25) is 0 Å². The zero-order chi connectivity index (χ0) is 22.0. The molecule has 2 heterocycles. The van der Waals surface area contributed by atoms with Crippen LogP contribution in [0.1, 0.15) is 59.2 Å². The van der Waals surface area contributed by atoms with Crippen LogP contribution in [0.15, 0.2) is 29.5 Å². The van der Waals surface area contributed by atoms with E-state index in [1.165, 1.54) is 6.34 Å². The molecule has 0 spiro atoms. The quantitative estimate of drug-likeness (QED) is 0.344. The van der Waals surface area contributed by atoms with Crippen LogP contribution in [0.3, 0.4) is 0 Å². The van der Waals surface area contributed by atoms with Gasteiger partial charge in [0.15, 0.2) is 0 Å². The van der Waals surface area contributed by atoms with Crippen LogP contribution in [0.4, 0.5) is 10.5 Å². The van der Waals surface area contributed by atoms with Crippen molar-refractivity contribution in [3.8, 4) is 11.4 Å². The van der Waals surface area contributed by atoms with E-state index >= 15 is 0 Å². The highest BCUT2D eigenvalue weighted by Gasteiger charge is 2.17. The summed E-state index contributed by atoms with van der Waals surface area (Å²) in [5, 5.41) is 2.81. The fourth-order valence-corrected chi connectivity index (χ4v) is 3.07. The molecule has 0 saturated carbocycles. The van der Waals surface area contributed by atoms with Gasteiger partial charge in [-0.25, -0.2) is 14.8 Å².